The summed E-state index contributed by atoms with van der Waals surface area (Å²) in [5.41, 5.74) is 1.15. The second-order valence-corrected chi connectivity index (χ2v) is 7.59. The van der Waals surface area contributed by atoms with E-state index < -0.39 is 5.25 Å². The van der Waals surface area contributed by atoms with Gasteiger partial charge in [-0.3, -0.25) is 14.5 Å². The van der Waals surface area contributed by atoms with Crippen LogP contribution in [0.15, 0.2) is 66.2 Å². The Morgan fingerprint density at radius 2 is 1.97 bits per heavy atom. The number of carbonyl (C=O) groups excluding carboxylic acids is 2. The fourth-order valence-electron chi connectivity index (χ4n) is 2.83. The van der Waals surface area contributed by atoms with Gasteiger partial charge < -0.3 is 10.1 Å². The number of nitrogens with zero attached hydrogens (tertiary/aromatic N) is 2. The molecule has 3 rings (SSSR count). The summed E-state index contributed by atoms with van der Waals surface area (Å²) in [6, 6.07) is 12.7. The number of halogens is 1. The van der Waals surface area contributed by atoms with Gasteiger partial charge in [0.05, 0.1) is 12.3 Å². The third-order valence-corrected chi connectivity index (χ3v) is 5.38. The van der Waals surface area contributed by atoms with Crippen LogP contribution in [0.1, 0.15) is 13.3 Å². The monoisotopic (exact) mass is 427 g/mol. The Bertz CT molecular complexity index is 945. The predicted molar refractivity (Wildman–Crippen MR) is 118 cm³/mol. The first-order valence-electron chi connectivity index (χ1n) is 9.46. The lowest BCUT2D eigenvalue weighted by atomic mass is 10.2. The Hall–Kier alpha value is -3.13. The molecular formula is C22H22FN3O3S. The zero-order valence-corrected chi connectivity index (χ0v) is 17.3. The normalized spacial score (nSPS) is 17.3. The minimum atomic E-state index is -0.591. The van der Waals surface area contributed by atoms with Crippen LogP contribution in [0.3, 0.4) is 0 Å². The number of amidine groups is 1. The van der Waals surface area contributed by atoms with E-state index in [1.165, 1.54) is 40.9 Å². The quantitative estimate of drug-likeness (QED) is 0.635. The molecule has 0 aliphatic carbocycles. The topological polar surface area (TPSA) is 71.0 Å². The van der Waals surface area contributed by atoms with Gasteiger partial charge in [0.2, 0.25) is 11.8 Å². The van der Waals surface area contributed by atoms with Crippen molar-refractivity contribution in [2.75, 3.05) is 18.5 Å². The molecule has 0 spiro atoms. The number of thioether (sulfide) groups is 1. The standard InChI is InChI=1S/C22H22FN3O3S/c1-3-13-26-21(28)19(30-22(26)25-17-7-5-15(23)6-8-17)14-20(27)24-16-9-11-18(12-10-16)29-4-2/h3,5-12,19H,1,4,13-14H2,2H3,(H,24,27). The largest absolute Gasteiger partial charge is 0.494 e. The zero-order valence-electron chi connectivity index (χ0n) is 16.5. The molecular weight excluding hydrogens is 405 g/mol. The van der Waals surface area contributed by atoms with Gasteiger partial charge in [-0.05, 0) is 55.5 Å². The Labute approximate surface area is 178 Å². The first-order chi connectivity index (χ1) is 14.5. The van der Waals surface area contributed by atoms with Crippen molar-refractivity contribution in [3.63, 3.8) is 0 Å². The molecule has 2 aromatic rings. The number of ether oxygens (including phenoxy) is 1. The third-order valence-electron chi connectivity index (χ3n) is 4.20. The van der Waals surface area contributed by atoms with Crippen molar-refractivity contribution in [1.29, 1.82) is 0 Å². The van der Waals surface area contributed by atoms with Crippen LogP contribution in [0.2, 0.25) is 0 Å². The number of nitrogens with one attached hydrogen (secondary N) is 1. The van der Waals surface area contributed by atoms with Gasteiger partial charge in [0.15, 0.2) is 5.17 Å². The second-order valence-electron chi connectivity index (χ2n) is 6.42. The van der Waals surface area contributed by atoms with Crippen molar-refractivity contribution in [2.24, 2.45) is 4.99 Å². The lowest BCUT2D eigenvalue weighted by Gasteiger charge is -2.13. The smallest absolute Gasteiger partial charge is 0.242 e. The van der Waals surface area contributed by atoms with Gasteiger partial charge in [-0.25, -0.2) is 9.38 Å². The molecule has 0 saturated carbocycles. The molecule has 1 saturated heterocycles. The van der Waals surface area contributed by atoms with Crippen molar-refractivity contribution in [2.45, 2.75) is 18.6 Å². The Morgan fingerprint density at radius 1 is 1.27 bits per heavy atom. The lowest BCUT2D eigenvalue weighted by Crippen LogP contribution is -2.33. The molecule has 1 unspecified atom stereocenters. The van der Waals surface area contributed by atoms with E-state index in [1.54, 1.807) is 30.3 Å². The highest BCUT2D eigenvalue weighted by Crippen LogP contribution is 2.32. The summed E-state index contributed by atoms with van der Waals surface area (Å²) >= 11 is 1.22. The van der Waals surface area contributed by atoms with E-state index in [1.807, 2.05) is 6.92 Å². The molecule has 1 heterocycles. The molecule has 156 valence electrons. The summed E-state index contributed by atoms with van der Waals surface area (Å²) in [6.07, 6.45) is 1.60. The van der Waals surface area contributed by atoms with E-state index in [2.05, 4.69) is 16.9 Å². The molecule has 2 aromatic carbocycles. The van der Waals surface area contributed by atoms with Crippen LogP contribution in [0.25, 0.3) is 0 Å². The van der Waals surface area contributed by atoms with E-state index in [9.17, 15) is 14.0 Å². The molecule has 1 aliphatic rings. The SMILES string of the molecule is C=CCN1C(=O)C(CC(=O)Nc2ccc(OCC)cc2)SC1=Nc1ccc(F)cc1. The van der Waals surface area contributed by atoms with E-state index in [0.29, 0.717) is 23.1 Å². The molecule has 1 N–H and O–H groups in total. The van der Waals surface area contributed by atoms with Crippen LogP contribution >= 0.6 is 11.8 Å². The van der Waals surface area contributed by atoms with Crippen LogP contribution in [-0.4, -0.2) is 40.3 Å². The molecule has 0 aromatic heterocycles. The minimum Gasteiger partial charge on any atom is -0.494 e. The average molecular weight is 428 g/mol. The maximum atomic E-state index is 13.1. The first-order valence-corrected chi connectivity index (χ1v) is 10.3. The van der Waals surface area contributed by atoms with Crippen LogP contribution in [0.5, 0.6) is 5.75 Å². The Kier molecular flexibility index (Phi) is 7.24. The van der Waals surface area contributed by atoms with Crippen LogP contribution in [0.4, 0.5) is 15.8 Å². The number of benzene rings is 2. The highest BCUT2D eigenvalue weighted by Gasteiger charge is 2.38. The molecule has 1 aliphatic heterocycles. The number of amides is 2. The van der Waals surface area contributed by atoms with Gasteiger partial charge >= 0.3 is 0 Å². The molecule has 1 atom stereocenters. The van der Waals surface area contributed by atoms with Gasteiger partial charge in [0, 0.05) is 18.7 Å². The molecule has 6 nitrogen and oxygen atoms in total. The summed E-state index contributed by atoms with van der Waals surface area (Å²) in [7, 11) is 0. The minimum absolute atomic E-state index is 0.00674. The zero-order chi connectivity index (χ0) is 21.5. The fourth-order valence-corrected chi connectivity index (χ4v) is 4.00. The number of hydrogen-bond acceptors (Lipinski definition) is 5. The second kappa shape index (κ2) is 10.1. The molecule has 0 radical (unpaired) electrons. The van der Waals surface area contributed by atoms with Gasteiger partial charge in [-0.2, -0.15) is 0 Å². The number of aliphatic imine (C=N–C) groups is 1. The number of hydrogen-bond donors (Lipinski definition) is 1. The summed E-state index contributed by atoms with van der Waals surface area (Å²) in [6.45, 7) is 6.42. The third kappa shape index (κ3) is 5.48. The van der Waals surface area contributed by atoms with Gasteiger partial charge in [-0.15, -0.1) is 6.58 Å². The number of anilines is 1. The van der Waals surface area contributed by atoms with E-state index >= 15 is 0 Å². The van der Waals surface area contributed by atoms with E-state index in [0.717, 1.165) is 5.75 Å². The van der Waals surface area contributed by atoms with Gasteiger partial charge in [-0.1, -0.05) is 17.8 Å². The van der Waals surface area contributed by atoms with Crippen molar-refractivity contribution >= 4 is 40.1 Å². The number of carbonyl (C=O) groups is 2. The maximum absolute atomic E-state index is 13.1. The van der Waals surface area contributed by atoms with Crippen LogP contribution < -0.4 is 10.1 Å². The van der Waals surface area contributed by atoms with Crippen molar-refractivity contribution in [3.8, 4) is 5.75 Å². The average Bonchev–Trinajstić information content (AvgIpc) is 3.00. The summed E-state index contributed by atoms with van der Waals surface area (Å²) in [5, 5.41) is 2.67. The molecule has 2 amide bonds. The summed E-state index contributed by atoms with van der Waals surface area (Å²) < 4.78 is 18.5. The summed E-state index contributed by atoms with van der Waals surface area (Å²) in [4.78, 5) is 31.2. The fraction of sp³-hybridized carbons (Fsp3) is 0.227. The molecule has 8 heteroatoms. The predicted octanol–water partition coefficient (Wildman–Crippen LogP) is 4.37. The molecule has 1 fully saturated rings. The molecule has 30 heavy (non-hydrogen) atoms. The maximum Gasteiger partial charge on any atom is 0.242 e. The lowest BCUT2D eigenvalue weighted by molar-refractivity contribution is -0.127. The van der Waals surface area contributed by atoms with E-state index in [-0.39, 0.29) is 30.6 Å². The highest BCUT2D eigenvalue weighted by atomic mass is 32.2. The van der Waals surface area contributed by atoms with Gasteiger partial charge in [0.1, 0.15) is 16.8 Å². The molecule has 0 bridgehead atoms. The van der Waals surface area contributed by atoms with Crippen molar-refractivity contribution < 1.29 is 18.7 Å². The number of rotatable bonds is 8. The highest BCUT2D eigenvalue weighted by molar-refractivity contribution is 8.15. The Morgan fingerprint density at radius 3 is 2.60 bits per heavy atom. The van der Waals surface area contributed by atoms with Crippen molar-refractivity contribution in [3.05, 3.63) is 67.0 Å². The Balaban J connectivity index is 1.67. The van der Waals surface area contributed by atoms with Crippen LogP contribution in [0, 0.1) is 5.82 Å². The van der Waals surface area contributed by atoms with Crippen LogP contribution in [-0.2, 0) is 9.59 Å². The summed E-state index contributed by atoms with van der Waals surface area (Å²) in [5.74, 6) is -0.117. The van der Waals surface area contributed by atoms with Crippen molar-refractivity contribution in [1.82, 2.24) is 4.90 Å². The van der Waals surface area contributed by atoms with Gasteiger partial charge in [0.25, 0.3) is 0 Å². The van der Waals surface area contributed by atoms with E-state index in [4.69, 9.17) is 4.74 Å². The first kappa shape index (κ1) is 21.6.